The second-order valence-corrected chi connectivity index (χ2v) is 5.47. The molecule has 2 rings (SSSR count). The lowest BCUT2D eigenvalue weighted by molar-refractivity contribution is -0.137. The van der Waals surface area contributed by atoms with E-state index in [-0.39, 0.29) is 12.0 Å². The van der Waals surface area contributed by atoms with Gasteiger partial charge in [-0.15, -0.1) is 0 Å². The van der Waals surface area contributed by atoms with E-state index in [0.29, 0.717) is 18.9 Å². The maximum Gasteiger partial charge on any atom is 0.303 e. The van der Waals surface area contributed by atoms with Gasteiger partial charge in [0, 0.05) is 32.1 Å². The van der Waals surface area contributed by atoms with Gasteiger partial charge in [0.05, 0.1) is 11.9 Å². The molecule has 0 saturated carbocycles. The van der Waals surface area contributed by atoms with Gasteiger partial charge in [-0.3, -0.25) is 9.59 Å². The van der Waals surface area contributed by atoms with Crippen LogP contribution in [0.5, 0.6) is 0 Å². The zero-order chi connectivity index (χ0) is 14.5. The molecule has 0 amide bonds. The quantitative estimate of drug-likeness (QED) is 0.880. The number of hydrogen-bond acceptors (Lipinski definition) is 4. The van der Waals surface area contributed by atoms with Crippen LogP contribution < -0.4 is 10.5 Å². The summed E-state index contributed by atoms with van der Waals surface area (Å²) in [5.74, 6) is -0.210. The molecule has 1 unspecified atom stereocenters. The Bertz CT molecular complexity index is 527. The van der Waals surface area contributed by atoms with Crippen LogP contribution in [0.3, 0.4) is 0 Å². The van der Waals surface area contributed by atoms with Crippen LogP contribution in [0.25, 0.3) is 0 Å². The van der Waals surface area contributed by atoms with Crippen molar-refractivity contribution in [3.63, 3.8) is 0 Å². The van der Waals surface area contributed by atoms with Crippen molar-refractivity contribution < 1.29 is 9.90 Å². The lowest BCUT2D eigenvalue weighted by Crippen LogP contribution is -2.35. The topological polar surface area (TPSA) is 75.4 Å². The molecule has 2 heterocycles. The molecule has 110 valence electrons. The van der Waals surface area contributed by atoms with Gasteiger partial charge in [0.1, 0.15) is 0 Å². The van der Waals surface area contributed by atoms with Crippen molar-refractivity contribution in [3.8, 4) is 0 Å². The van der Waals surface area contributed by atoms with E-state index in [1.165, 1.54) is 11.1 Å². The Kier molecular flexibility index (Phi) is 4.76. The predicted octanol–water partition coefficient (Wildman–Crippen LogP) is 1.34. The smallest absolute Gasteiger partial charge is 0.303 e. The second-order valence-electron chi connectivity index (χ2n) is 5.47. The number of hydrogen-bond donors (Lipinski definition) is 1. The van der Waals surface area contributed by atoms with Crippen molar-refractivity contribution in [1.82, 2.24) is 9.78 Å². The molecular weight excluding hydrogens is 258 g/mol. The number of carbonyl (C=O) groups is 1. The highest BCUT2D eigenvalue weighted by atomic mass is 16.4. The Balaban J connectivity index is 2.01. The average Bonchev–Trinajstić information content (AvgIpc) is 2.40. The summed E-state index contributed by atoms with van der Waals surface area (Å²) >= 11 is 0. The molecule has 1 N–H and O–H groups in total. The molecule has 6 nitrogen and oxygen atoms in total. The van der Waals surface area contributed by atoms with Crippen molar-refractivity contribution in [2.75, 3.05) is 18.0 Å². The number of piperidine rings is 1. The number of aliphatic carboxylic acids is 1. The fourth-order valence-electron chi connectivity index (χ4n) is 2.57. The Morgan fingerprint density at radius 2 is 2.35 bits per heavy atom. The first-order valence-corrected chi connectivity index (χ1v) is 7.10. The molecule has 1 aromatic heterocycles. The minimum Gasteiger partial charge on any atom is -0.481 e. The van der Waals surface area contributed by atoms with Gasteiger partial charge >= 0.3 is 5.97 Å². The number of nitrogens with zero attached hydrogens (tertiary/aromatic N) is 3. The summed E-state index contributed by atoms with van der Waals surface area (Å²) in [6.45, 7) is 4.49. The minimum absolute atomic E-state index is 0.0551. The number of carboxylic acid groups (broad SMARTS) is 1. The molecule has 1 fully saturated rings. The summed E-state index contributed by atoms with van der Waals surface area (Å²) in [7, 11) is 0. The fourth-order valence-corrected chi connectivity index (χ4v) is 2.57. The van der Waals surface area contributed by atoms with E-state index in [1.807, 2.05) is 0 Å². The van der Waals surface area contributed by atoms with E-state index in [1.54, 1.807) is 12.3 Å². The average molecular weight is 279 g/mol. The normalized spacial score (nSPS) is 19.1. The van der Waals surface area contributed by atoms with E-state index in [0.717, 1.165) is 25.2 Å². The van der Waals surface area contributed by atoms with Gasteiger partial charge in [-0.25, -0.2) is 4.68 Å². The van der Waals surface area contributed by atoms with Crippen molar-refractivity contribution in [2.24, 2.45) is 5.92 Å². The van der Waals surface area contributed by atoms with Gasteiger partial charge in [0.2, 0.25) is 0 Å². The molecule has 0 spiro atoms. The number of anilines is 1. The Morgan fingerprint density at radius 1 is 1.55 bits per heavy atom. The van der Waals surface area contributed by atoms with Crippen molar-refractivity contribution in [2.45, 2.75) is 39.2 Å². The molecular formula is C14H21N3O3. The third-order valence-electron chi connectivity index (χ3n) is 3.64. The lowest BCUT2D eigenvalue weighted by Gasteiger charge is -2.32. The molecule has 1 saturated heterocycles. The van der Waals surface area contributed by atoms with Gasteiger partial charge < -0.3 is 10.0 Å². The minimum atomic E-state index is -0.850. The molecule has 1 aromatic rings. The zero-order valence-electron chi connectivity index (χ0n) is 11.8. The van der Waals surface area contributed by atoms with Crippen LogP contribution in [0.15, 0.2) is 17.1 Å². The summed E-state index contributed by atoms with van der Waals surface area (Å²) in [6, 6.07) is 1.60. The first-order valence-electron chi connectivity index (χ1n) is 7.10. The van der Waals surface area contributed by atoms with Crippen LogP contribution in [0.4, 0.5) is 5.69 Å². The van der Waals surface area contributed by atoms with E-state index < -0.39 is 5.97 Å². The highest BCUT2D eigenvalue weighted by Gasteiger charge is 2.17. The van der Waals surface area contributed by atoms with Crippen LogP contribution in [0, 0.1) is 5.92 Å². The van der Waals surface area contributed by atoms with Gasteiger partial charge in [0.25, 0.3) is 5.56 Å². The highest BCUT2D eigenvalue weighted by Crippen LogP contribution is 2.20. The summed E-state index contributed by atoms with van der Waals surface area (Å²) in [5, 5.41) is 12.7. The van der Waals surface area contributed by atoms with Crippen LogP contribution in [-0.4, -0.2) is 33.9 Å². The number of aromatic nitrogens is 2. The van der Waals surface area contributed by atoms with Crippen LogP contribution in [0.2, 0.25) is 0 Å². The van der Waals surface area contributed by atoms with Crippen LogP contribution in [-0.2, 0) is 11.3 Å². The van der Waals surface area contributed by atoms with E-state index in [9.17, 15) is 9.59 Å². The summed E-state index contributed by atoms with van der Waals surface area (Å²) in [6.07, 6.45) is 4.56. The molecule has 0 aromatic carbocycles. The molecule has 1 aliphatic rings. The molecule has 0 radical (unpaired) electrons. The Hall–Kier alpha value is -1.85. The van der Waals surface area contributed by atoms with Gasteiger partial charge in [-0.1, -0.05) is 6.92 Å². The van der Waals surface area contributed by atoms with Gasteiger partial charge in [0.15, 0.2) is 0 Å². The number of aryl methyl sites for hydroxylation is 1. The van der Waals surface area contributed by atoms with Crippen molar-refractivity contribution >= 4 is 11.7 Å². The predicted molar refractivity (Wildman–Crippen MR) is 76.0 cm³/mol. The second kappa shape index (κ2) is 6.54. The third kappa shape index (κ3) is 3.82. The van der Waals surface area contributed by atoms with Crippen molar-refractivity contribution in [1.29, 1.82) is 0 Å². The van der Waals surface area contributed by atoms with E-state index >= 15 is 0 Å². The molecule has 6 heteroatoms. The lowest BCUT2D eigenvalue weighted by atomic mass is 10.00. The molecule has 20 heavy (non-hydrogen) atoms. The Labute approximate surface area is 118 Å². The number of carboxylic acids is 1. The first kappa shape index (κ1) is 14.6. The SMILES string of the molecule is CC1CCCN(c2cnn(CCCC(=O)O)c(=O)c2)C1. The van der Waals surface area contributed by atoms with Gasteiger partial charge in [-0.2, -0.15) is 5.10 Å². The third-order valence-corrected chi connectivity index (χ3v) is 3.64. The molecule has 0 bridgehead atoms. The fraction of sp³-hybridized carbons (Fsp3) is 0.643. The molecule has 0 aliphatic carbocycles. The molecule has 1 aliphatic heterocycles. The maximum atomic E-state index is 12.0. The van der Waals surface area contributed by atoms with Crippen molar-refractivity contribution in [3.05, 3.63) is 22.6 Å². The van der Waals surface area contributed by atoms with Crippen LogP contribution >= 0.6 is 0 Å². The van der Waals surface area contributed by atoms with E-state index in [2.05, 4.69) is 16.9 Å². The Morgan fingerprint density at radius 3 is 3.00 bits per heavy atom. The standard InChI is InChI=1S/C14H21N3O3/c1-11-4-2-6-16(10-11)12-8-13(18)17(15-9-12)7-3-5-14(19)20/h8-9,11H,2-7,10H2,1H3,(H,19,20). The first-order chi connectivity index (χ1) is 9.56. The zero-order valence-corrected chi connectivity index (χ0v) is 11.8. The monoisotopic (exact) mass is 279 g/mol. The van der Waals surface area contributed by atoms with Gasteiger partial charge in [-0.05, 0) is 25.2 Å². The summed E-state index contributed by atoms with van der Waals surface area (Å²) in [4.78, 5) is 24.6. The van der Waals surface area contributed by atoms with Crippen LogP contribution in [0.1, 0.15) is 32.6 Å². The summed E-state index contributed by atoms with van der Waals surface area (Å²) in [5.41, 5.74) is 0.710. The maximum absolute atomic E-state index is 12.0. The number of rotatable bonds is 5. The summed E-state index contributed by atoms with van der Waals surface area (Å²) < 4.78 is 1.33. The largest absolute Gasteiger partial charge is 0.481 e. The highest BCUT2D eigenvalue weighted by molar-refractivity contribution is 5.66. The molecule has 1 atom stereocenters. The van der Waals surface area contributed by atoms with E-state index in [4.69, 9.17) is 5.11 Å².